The van der Waals surface area contributed by atoms with Crippen LogP contribution in [0.4, 0.5) is 0 Å². The Bertz CT molecular complexity index is 2700. The molecular weight excluding hydrogens is 576 g/mol. The van der Waals surface area contributed by atoms with Crippen molar-refractivity contribution in [2.75, 3.05) is 0 Å². The lowest BCUT2D eigenvalue weighted by Gasteiger charge is -2.15. The first-order valence-corrected chi connectivity index (χ1v) is 15.4. The van der Waals surface area contributed by atoms with Crippen molar-refractivity contribution >= 4 is 43.5 Å². The van der Waals surface area contributed by atoms with E-state index in [4.69, 9.17) is 19.4 Å². The third-order valence-electron chi connectivity index (χ3n) is 8.79. The number of aromatic nitrogens is 3. The summed E-state index contributed by atoms with van der Waals surface area (Å²) >= 11 is 0. The van der Waals surface area contributed by atoms with Gasteiger partial charge in [-0.2, -0.15) is 5.26 Å². The molecule has 0 radical (unpaired) electrons. The third kappa shape index (κ3) is 4.35. The van der Waals surface area contributed by atoms with Crippen molar-refractivity contribution in [2.45, 2.75) is 0 Å². The zero-order valence-electron chi connectivity index (χ0n) is 25.1. The molecule has 0 fully saturated rings. The Morgan fingerprint density at radius 2 is 1.04 bits per heavy atom. The molecule has 0 bridgehead atoms. The van der Waals surface area contributed by atoms with Crippen molar-refractivity contribution < 1.29 is 4.42 Å². The van der Waals surface area contributed by atoms with E-state index in [1.165, 1.54) is 0 Å². The predicted molar refractivity (Wildman–Crippen MR) is 189 cm³/mol. The number of hydrogen-bond acceptors (Lipinski definition) is 5. The number of fused-ring (bicyclic) bond motifs is 5. The number of furan rings is 1. The smallest absolute Gasteiger partial charge is 0.164 e. The molecule has 5 nitrogen and oxygen atoms in total. The maximum Gasteiger partial charge on any atom is 0.164 e. The molecule has 0 atom stereocenters. The van der Waals surface area contributed by atoms with Gasteiger partial charge in [-0.1, -0.05) is 127 Å². The molecule has 2 heterocycles. The lowest BCUT2D eigenvalue weighted by atomic mass is 9.89. The second-order valence-electron chi connectivity index (χ2n) is 11.5. The summed E-state index contributed by atoms with van der Waals surface area (Å²) in [6.07, 6.45) is 0. The molecule has 9 aromatic rings. The molecular formula is C42H24N4O. The summed E-state index contributed by atoms with van der Waals surface area (Å²) in [5.74, 6) is 1.73. The molecule has 218 valence electrons. The number of rotatable bonds is 4. The largest absolute Gasteiger partial charge is 0.456 e. The molecule has 5 heteroatoms. The van der Waals surface area contributed by atoms with Crippen LogP contribution in [0.3, 0.4) is 0 Å². The molecule has 0 spiro atoms. The van der Waals surface area contributed by atoms with Crippen LogP contribution < -0.4 is 0 Å². The van der Waals surface area contributed by atoms with Gasteiger partial charge in [0.25, 0.3) is 0 Å². The van der Waals surface area contributed by atoms with E-state index in [1.807, 2.05) is 103 Å². The molecule has 0 amide bonds. The normalized spacial score (nSPS) is 11.4. The van der Waals surface area contributed by atoms with Crippen LogP contribution in [0.2, 0.25) is 0 Å². The van der Waals surface area contributed by atoms with Gasteiger partial charge in [0, 0.05) is 33.0 Å². The van der Waals surface area contributed by atoms with Gasteiger partial charge in [0.2, 0.25) is 0 Å². The van der Waals surface area contributed by atoms with Crippen molar-refractivity contribution in [1.82, 2.24) is 15.0 Å². The summed E-state index contributed by atoms with van der Waals surface area (Å²) in [6, 6.07) is 51.0. The number of nitriles is 1. The average Bonchev–Trinajstić information content (AvgIpc) is 3.53. The Labute approximate surface area is 270 Å². The number of hydrogen-bond donors (Lipinski definition) is 0. The van der Waals surface area contributed by atoms with Gasteiger partial charge in [-0.3, -0.25) is 0 Å². The summed E-state index contributed by atoms with van der Waals surface area (Å²) < 4.78 is 6.21. The fourth-order valence-electron chi connectivity index (χ4n) is 6.67. The molecule has 0 aliphatic carbocycles. The van der Waals surface area contributed by atoms with Crippen LogP contribution in [-0.2, 0) is 0 Å². The zero-order chi connectivity index (χ0) is 31.3. The summed E-state index contributed by atoms with van der Waals surface area (Å²) in [5, 5.41) is 16.3. The predicted octanol–water partition coefficient (Wildman–Crippen LogP) is 10.6. The molecule has 0 saturated carbocycles. The van der Waals surface area contributed by atoms with Gasteiger partial charge in [0.1, 0.15) is 11.2 Å². The molecule has 2 aromatic heterocycles. The first-order chi connectivity index (χ1) is 23.3. The summed E-state index contributed by atoms with van der Waals surface area (Å²) in [6.45, 7) is 0. The minimum atomic E-state index is 0.569. The van der Waals surface area contributed by atoms with E-state index in [1.54, 1.807) is 0 Å². The molecule has 0 aliphatic heterocycles. The fraction of sp³-hybridized carbons (Fsp3) is 0. The molecule has 0 unspecified atom stereocenters. The Kier molecular flexibility index (Phi) is 6.12. The van der Waals surface area contributed by atoms with Gasteiger partial charge in [0.05, 0.1) is 11.6 Å². The Balaban J connectivity index is 1.32. The fourth-order valence-corrected chi connectivity index (χ4v) is 6.67. The maximum absolute atomic E-state index is 10.2. The lowest BCUT2D eigenvalue weighted by molar-refractivity contribution is 0.669. The van der Waals surface area contributed by atoms with Crippen molar-refractivity contribution in [3.8, 4) is 51.4 Å². The Hall–Kier alpha value is -6.64. The number of nitrogens with zero attached hydrogens (tertiary/aromatic N) is 4. The third-order valence-corrected chi connectivity index (χ3v) is 8.79. The minimum Gasteiger partial charge on any atom is -0.456 e. The van der Waals surface area contributed by atoms with Gasteiger partial charge in [-0.15, -0.1) is 0 Å². The van der Waals surface area contributed by atoms with Crippen molar-refractivity contribution in [2.24, 2.45) is 0 Å². The lowest BCUT2D eigenvalue weighted by Crippen LogP contribution is -2.01. The van der Waals surface area contributed by atoms with Crippen LogP contribution in [0, 0.1) is 11.3 Å². The van der Waals surface area contributed by atoms with E-state index < -0.39 is 0 Å². The van der Waals surface area contributed by atoms with Gasteiger partial charge in [-0.05, 0) is 45.3 Å². The maximum atomic E-state index is 10.2. The summed E-state index contributed by atoms with van der Waals surface area (Å²) in [4.78, 5) is 15.3. The van der Waals surface area contributed by atoms with E-state index in [2.05, 4.69) is 48.5 Å². The van der Waals surface area contributed by atoms with E-state index in [0.717, 1.165) is 71.3 Å². The first kappa shape index (κ1) is 26.7. The molecule has 0 aliphatic rings. The molecule has 9 rings (SSSR count). The van der Waals surface area contributed by atoms with Crippen molar-refractivity contribution in [3.63, 3.8) is 0 Å². The van der Waals surface area contributed by atoms with E-state index >= 15 is 0 Å². The highest BCUT2D eigenvalue weighted by Crippen LogP contribution is 2.40. The SMILES string of the molecule is N#Cc1ccc2ccccc2c1-c1cccc2c(-c3nc(-c4ccccc4)nc(-c4cccc5oc6ccccc6c45)n3)cccc12. The molecule has 47 heavy (non-hydrogen) atoms. The highest BCUT2D eigenvalue weighted by atomic mass is 16.3. The first-order valence-electron chi connectivity index (χ1n) is 15.4. The van der Waals surface area contributed by atoms with Gasteiger partial charge in [0.15, 0.2) is 17.5 Å². The van der Waals surface area contributed by atoms with Crippen LogP contribution in [0.25, 0.3) is 88.8 Å². The second kappa shape index (κ2) is 10.8. The highest BCUT2D eigenvalue weighted by molar-refractivity contribution is 6.12. The van der Waals surface area contributed by atoms with Crippen LogP contribution in [0.1, 0.15) is 5.56 Å². The van der Waals surface area contributed by atoms with Crippen LogP contribution in [-0.4, -0.2) is 15.0 Å². The van der Waals surface area contributed by atoms with E-state index in [0.29, 0.717) is 23.0 Å². The average molecular weight is 601 g/mol. The number of para-hydroxylation sites is 1. The Morgan fingerprint density at radius 3 is 1.87 bits per heavy atom. The van der Waals surface area contributed by atoms with Gasteiger partial charge < -0.3 is 4.42 Å². The summed E-state index contributed by atoms with van der Waals surface area (Å²) in [5.41, 5.74) is 6.81. The molecule has 7 aromatic carbocycles. The van der Waals surface area contributed by atoms with Crippen molar-refractivity contribution in [3.05, 3.63) is 151 Å². The van der Waals surface area contributed by atoms with E-state index in [-0.39, 0.29) is 0 Å². The summed E-state index contributed by atoms with van der Waals surface area (Å²) in [7, 11) is 0. The van der Waals surface area contributed by atoms with Crippen LogP contribution >= 0.6 is 0 Å². The Morgan fingerprint density at radius 1 is 0.447 bits per heavy atom. The van der Waals surface area contributed by atoms with Crippen LogP contribution in [0.15, 0.2) is 150 Å². The van der Waals surface area contributed by atoms with Crippen LogP contribution in [0.5, 0.6) is 0 Å². The van der Waals surface area contributed by atoms with E-state index in [9.17, 15) is 5.26 Å². The second-order valence-corrected chi connectivity index (χ2v) is 11.5. The number of benzene rings is 7. The molecule has 0 N–H and O–H groups in total. The highest BCUT2D eigenvalue weighted by Gasteiger charge is 2.20. The molecule has 0 saturated heterocycles. The standard InChI is InChI=1S/C42H24N4O/c43-25-28-24-23-26-11-4-5-14-29(26)38(28)32-18-8-17-31-30(32)16-9-19-33(31)41-44-40(27-12-2-1-3-13-27)45-42(46-41)35-20-10-22-37-39(35)34-15-6-7-21-36(34)47-37/h1-24H. The van der Waals surface area contributed by atoms with Crippen molar-refractivity contribution in [1.29, 1.82) is 5.26 Å². The quantitative estimate of drug-likeness (QED) is 0.201. The monoisotopic (exact) mass is 600 g/mol. The minimum absolute atomic E-state index is 0.569. The van der Waals surface area contributed by atoms with Gasteiger partial charge >= 0.3 is 0 Å². The topological polar surface area (TPSA) is 75.6 Å². The van der Waals surface area contributed by atoms with Gasteiger partial charge in [-0.25, -0.2) is 15.0 Å². The zero-order valence-corrected chi connectivity index (χ0v) is 25.1.